The normalized spacial score (nSPS) is 16.4. The molecule has 134 valence electrons. The Morgan fingerprint density at radius 1 is 1.16 bits per heavy atom. The minimum atomic E-state index is -3.68. The van der Waals surface area contributed by atoms with Gasteiger partial charge in [0.05, 0.1) is 11.0 Å². The van der Waals surface area contributed by atoms with Crippen molar-refractivity contribution in [3.63, 3.8) is 0 Å². The Labute approximate surface area is 153 Å². The van der Waals surface area contributed by atoms with Crippen molar-refractivity contribution in [2.24, 2.45) is 0 Å². The Morgan fingerprint density at radius 3 is 2.68 bits per heavy atom. The van der Waals surface area contributed by atoms with E-state index in [1.54, 1.807) is 12.1 Å². The van der Waals surface area contributed by atoms with Gasteiger partial charge in [-0.3, -0.25) is 4.90 Å². The second-order valence-electron chi connectivity index (χ2n) is 6.22. The number of sulfonamides is 1. The predicted octanol–water partition coefficient (Wildman–Crippen LogP) is 2.04. The van der Waals surface area contributed by atoms with E-state index in [9.17, 15) is 13.5 Å². The Balaban J connectivity index is 1.54. The number of halogens is 1. The van der Waals surface area contributed by atoms with Gasteiger partial charge in [-0.2, -0.15) is 0 Å². The van der Waals surface area contributed by atoms with E-state index >= 15 is 0 Å². The van der Waals surface area contributed by atoms with Crippen LogP contribution in [0.15, 0.2) is 53.4 Å². The predicted molar refractivity (Wildman–Crippen MR) is 98.1 cm³/mol. The second-order valence-corrected chi connectivity index (χ2v) is 8.42. The van der Waals surface area contributed by atoms with Crippen molar-refractivity contribution in [1.29, 1.82) is 0 Å². The number of β-amino-alcohol motifs (C(OH)–C–C–N with tert-alkyl or cyclic N) is 1. The van der Waals surface area contributed by atoms with Gasteiger partial charge >= 0.3 is 0 Å². The largest absolute Gasteiger partial charge is 0.390 e. The Morgan fingerprint density at radius 2 is 1.92 bits per heavy atom. The standard InChI is InChI=1S/C18H21ClN2O3S/c19-16-6-3-7-18(10-16)25(23,24)20-11-17(22)13-21-9-8-14-4-1-2-5-15(14)12-21/h1-7,10,17,20,22H,8-9,11-13H2. The smallest absolute Gasteiger partial charge is 0.240 e. The van der Waals surface area contributed by atoms with Crippen LogP contribution in [0.3, 0.4) is 0 Å². The quantitative estimate of drug-likeness (QED) is 0.804. The molecule has 0 fully saturated rings. The fraction of sp³-hybridized carbons (Fsp3) is 0.333. The number of nitrogens with one attached hydrogen (secondary N) is 1. The first-order chi connectivity index (χ1) is 11.9. The molecule has 0 amide bonds. The molecule has 1 atom stereocenters. The summed E-state index contributed by atoms with van der Waals surface area (Å²) in [5, 5.41) is 10.6. The number of benzene rings is 2. The summed E-state index contributed by atoms with van der Waals surface area (Å²) in [5.74, 6) is 0. The summed E-state index contributed by atoms with van der Waals surface area (Å²) in [6.07, 6.45) is 0.163. The summed E-state index contributed by atoms with van der Waals surface area (Å²) < 4.78 is 26.9. The minimum absolute atomic E-state index is 0.0347. The summed E-state index contributed by atoms with van der Waals surface area (Å²) in [4.78, 5) is 2.24. The van der Waals surface area contributed by atoms with Crippen LogP contribution in [0.5, 0.6) is 0 Å². The van der Waals surface area contributed by atoms with Gasteiger partial charge in [0.25, 0.3) is 0 Å². The lowest BCUT2D eigenvalue weighted by Gasteiger charge is -2.30. The third kappa shape index (κ3) is 4.80. The van der Waals surface area contributed by atoms with Crippen LogP contribution in [0.1, 0.15) is 11.1 Å². The number of aliphatic hydroxyl groups excluding tert-OH is 1. The third-order valence-electron chi connectivity index (χ3n) is 4.29. The first-order valence-electron chi connectivity index (χ1n) is 8.16. The van der Waals surface area contributed by atoms with E-state index in [0.29, 0.717) is 11.6 Å². The van der Waals surface area contributed by atoms with Gasteiger partial charge in [0.1, 0.15) is 0 Å². The maximum atomic E-state index is 12.3. The lowest BCUT2D eigenvalue weighted by molar-refractivity contribution is 0.108. The Bertz CT molecular complexity index is 842. The van der Waals surface area contributed by atoms with Crippen LogP contribution < -0.4 is 4.72 Å². The lowest BCUT2D eigenvalue weighted by Crippen LogP contribution is -2.42. The summed E-state index contributed by atoms with van der Waals surface area (Å²) in [5.41, 5.74) is 2.61. The zero-order valence-corrected chi connectivity index (χ0v) is 15.3. The zero-order valence-electron chi connectivity index (χ0n) is 13.7. The van der Waals surface area contributed by atoms with Gasteiger partial charge in [-0.1, -0.05) is 41.9 Å². The van der Waals surface area contributed by atoms with Crippen molar-refractivity contribution in [1.82, 2.24) is 9.62 Å². The van der Waals surface area contributed by atoms with Crippen molar-refractivity contribution in [3.8, 4) is 0 Å². The van der Waals surface area contributed by atoms with Crippen molar-refractivity contribution in [2.45, 2.75) is 24.0 Å². The molecule has 25 heavy (non-hydrogen) atoms. The highest BCUT2D eigenvalue weighted by atomic mass is 35.5. The van der Waals surface area contributed by atoms with E-state index in [-0.39, 0.29) is 11.4 Å². The zero-order chi connectivity index (χ0) is 17.9. The van der Waals surface area contributed by atoms with Gasteiger partial charge in [-0.25, -0.2) is 13.1 Å². The lowest BCUT2D eigenvalue weighted by atomic mass is 10.00. The van der Waals surface area contributed by atoms with Crippen molar-refractivity contribution in [2.75, 3.05) is 19.6 Å². The maximum absolute atomic E-state index is 12.3. The molecule has 1 unspecified atom stereocenters. The minimum Gasteiger partial charge on any atom is -0.390 e. The van der Waals surface area contributed by atoms with Crippen molar-refractivity contribution < 1.29 is 13.5 Å². The van der Waals surface area contributed by atoms with E-state index in [1.165, 1.54) is 23.3 Å². The van der Waals surface area contributed by atoms with E-state index in [2.05, 4.69) is 21.8 Å². The molecule has 0 aliphatic carbocycles. The van der Waals surface area contributed by atoms with Gasteiger partial charge < -0.3 is 5.11 Å². The number of fused-ring (bicyclic) bond motifs is 1. The highest BCUT2D eigenvalue weighted by Crippen LogP contribution is 2.19. The summed E-state index contributed by atoms with van der Waals surface area (Å²) in [6, 6.07) is 14.3. The molecule has 0 aromatic heterocycles. The summed E-state index contributed by atoms with van der Waals surface area (Å²) >= 11 is 5.84. The topological polar surface area (TPSA) is 69.6 Å². The van der Waals surface area contributed by atoms with Gasteiger partial charge in [0.15, 0.2) is 0 Å². The van der Waals surface area contributed by atoms with Crippen LogP contribution in [-0.2, 0) is 23.0 Å². The number of hydrogen-bond donors (Lipinski definition) is 2. The molecule has 2 aromatic carbocycles. The first kappa shape index (κ1) is 18.4. The van der Waals surface area contributed by atoms with Crippen molar-refractivity contribution >= 4 is 21.6 Å². The van der Waals surface area contributed by atoms with Crippen molar-refractivity contribution in [3.05, 3.63) is 64.7 Å². The third-order valence-corrected chi connectivity index (χ3v) is 5.95. The highest BCUT2D eigenvalue weighted by molar-refractivity contribution is 7.89. The molecule has 1 heterocycles. The van der Waals surface area contributed by atoms with Crippen LogP contribution in [0.4, 0.5) is 0 Å². The van der Waals surface area contributed by atoms with E-state index in [4.69, 9.17) is 11.6 Å². The molecule has 3 rings (SSSR count). The molecule has 0 bridgehead atoms. The van der Waals surface area contributed by atoms with Crippen LogP contribution >= 0.6 is 11.6 Å². The average Bonchev–Trinajstić information content (AvgIpc) is 2.60. The molecule has 0 radical (unpaired) electrons. The number of nitrogens with zero attached hydrogens (tertiary/aromatic N) is 1. The van der Waals surface area contributed by atoms with Crippen LogP contribution in [0.25, 0.3) is 0 Å². The van der Waals surface area contributed by atoms with Gasteiger partial charge in [0, 0.05) is 31.2 Å². The molecular formula is C18H21ClN2O3S. The summed E-state index contributed by atoms with van der Waals surface area (Å²) in [6.45, 7) is 2.02. The monoisotopic (exact) mass is 380 g/mol. The molecule has 2 aromatic rings. The van der Waals surface area contributed by atoms with Crippen LogP contribution in [0, 0.1) is 0 Å². The SMILES string of the molecule is O=S(=O)(NCC(O)CN1CCc2ccccc2C1)c1cccc(Cl)c1. The van der Waals surface area contributed by atoms with Gasteiger partial charge in [-0.05, 0) is 35.7 Å². The molecule has 0 saturated carbocycles. The highest BCUT2D eigenvalue weighted by Gasteiger charge is 2.20. The molecule has 0 saturated heterocycles. The maximum Gasteiger partial charge on any atom is 0.240 e. The molecule has 1 aliphatic heterocycles. The van der Waals surface area contributed by atoms with Crippen LogP contribution in [0.2, 0.25) is 5.02 Å². The van der Waals surface area contributed by atoms with Crippen LogP contribution in [-0.4, -0.2) is 44.2 Å². The molecular weight excluding hydrogens is 360 g/mol. The fourth-order valence-corrected chi connectivity index (χ4v) is 4.37. The Kier molecular flexibility index (Phi) is 5.76. The fourth-order valence-electron chi connectivity index (χ4n) is 3.00. The first-order valence-corrected chi connectivity index (χ1v) is 10.0. The molecule has 0 spiro atoms. The summed E-state index contributed by atoms with van der Waals surface area (Å²) in [7, 11) is -3.68. The number of rotatable bonds is 6. The molecule has 5 nitrogen and oxygen atoms in total. The van der Waals surface area contributed by atoms with E-state index in [0.717, 1.165) is 19.5 Å². The molecule has 7 heteroatoms. The number of aliphatic hydroxyl groups is 1. The van der Waals surface area contributed by atoms with Gasteiger partial charge in [0.2, 0.25) is 10.0 Å². The van der Waals surface area contributed by atoms with E-state index < -0.39 is 16.1 Å². The number of hydrogen-bond acceptors (Lipinski definition) is 4. The second kappa shape index (κ2) is 7.85. The average molecular weight is 381 g/mol. The molecule has 1 aliphatic rings. The van der Waals surface area contributed by atoms with Gasteiger partial charge in [-0.15, -0.1) is 0 Å². The molecule has 2 N–H and O–H groups in total. The van der Waals surface area contributed by atoms with E-state index in [1.807, 2.05) is 12.1 Å². The Hall–Kier alpha value is -1.44.